The van der Waals surface area contributed by atoms with Gasteiger partial charge in [-0.15, -0.1) is 0 Å². The lowest BCUT2D eigenvalue weighted by molar-refractivity contribution is 0.200. The van der Waals surface area contributed by atoms with Crippen LogP contribution >= 0.6 is 31.4 Å². The SMILES string of the molecule is COC(=O)SSSC. The van der Waals surface area contributed by atoms with Gasteiger partial charge in [0.05, 0.1) is 7.11 Å². The minimum Gasteiger partial charge on any atom is -0.460 e. The number of hydrogen-bond donors (Lipinski definition) is 0. The van der Waals surface area contributed by atoms with Gasteiger partial charge >= 0.3 is 5.30 Å². The summed E-state index contributed by atoms with van der Waals surface area (Å²) in [5.74, 6) is 0. The molecule has 0 fully saturated rings. The highest BCUT2D eigenvalue weighted by Crippen LogP contribution is 2.32. The number of carbonyl (C=O) groups excluding carboxylic acids is 1. The minimum atomic E-state index is -0.246. The molecule has 5 heteroatoms. The summed E-state index contributed by atoms with van der Waals surface area (Å²) < 4.78 is 4.34. The highest BCUT2D eigenvalue weighted by atomic mass is 33.5. The fraction of sp³-hybridized carbons (Fsp3) is 0.667. The van der Waals surface area contributed by atoms with Crippen LogP contribution in [0.15, 0.2) is 0 Å². The minimum absolute atomic E-state index is 0.246. The molecule has 0 aliphatic rings. The van der Waals surface area contributed by atoms with E-state index in [9.17, 15) is 4.79 Å². The normalized spacial score (nSPS) is 8.75. The molecular weight excluding hydrogens is 164 g/mol. The summed E-state index contributed by atoms with van der Waals surface area (Å²) in [4.78, 5) is 10.3. The third-order valence-electron chi connectivity index (χ3n) is 0.337. The molecule has 0 radical (unpaired) electrons. The largest absolute Gasteiger partial charge is 0.460 e. The Balaban J connectivity index is 2.99. The fourth-order valence-electron chi connectivity index (χ4n) is 0.0958. The molecular formula is C3H6O2S3. The van der Waals surface area contributed by atoms with Gasteiger partial charge < -0.3 is 4.74 Å². The number of methoxy groups -OCH3 is 1. The zero-order valence-corrected chi connectivity index (χ0v) is 6.99. The van der Waals surface area contributed by atoms with Crippen LogP contribution in [0.2, 0.25) is 0 Å². The van der Waals surface area contributed by atoms with Crippen molar-refractivity contribution in [1.29, 1.82) is 0 Å². The highest BCUT2D eigenvalue weighted by Gasteiger charge is 1.97. The molecule has 0 rings (SSSR count). The first-order chi connectivity index (χ1) is 3.81. The lowest BCUT2D eigenvalue weighted by Gasteiger charge is -1.91. The van der Waals surface area contributed by atoms with Gasteiger partial charge in [0.25, 0.3) is 0 Å². The molecule has 48 valence electrons. The first-order valence-electron chi connectivity index (χ1n) is 1.76. The Morgan fingerprint density at radius 2 is 2.25 bits per heavy atom. The van der Waals surface area contributed by atoms with Crippen LogP contribution in [-0.2, 0) is 4.74 Å². The maximum Gasteiger partial charge on any atom is 0.378 e. The van der Waals surface area contributed by atoms with Gasteiger partial charge in [0.15, 0.2) is 0 Å². The van der Waals surface area contributed by atoms with Gasteiger partial charge in [0.2, 0.25) is 0 Å². The number of hydrogen-bond acceptors (Lipinski definition) is 5. The second kappa shape index (κ2) is 5.65. The Kier molecular flexibility index (Phi) is 6.02. The molecule has 0 spiro atoms. The van der Waals surface area contributed by atoms with Crippen molar-refractivity contribution in [2.75, 3.05) is 13.4 Å². The fourth-order valence-corrected chi connectivity index (χ4v) is 1.97. The first-order valence-corrected chi connectivity index (χ1v) is 5.65. The van der Waals surface area contributed by atoms with Crippen molar-refractivity contribution in [2.24, 2.45) is 0 Å². The number of carbonyl (C=O) groups is 1. The Morgan fingerprint density at radius 3 is 2.62 bits per heavy atom. The molecule has 2 nitrogen and oxygen atoms in total. The molecule has 0 unspecified atom stereocenters. The van der Waals surface area contributed by atoms with Crippen LogP contribution in [0.25, 0.3) is 0 Å². The van der Waals surface area contributed by atoms with E-state index in [-0.39, 0.29) is 5.30 Å². The Bertz CT molecular complexity index is 74.9. The second-order valence-corrected chi connectivity index (χ2v) is 4.87. The molecule has 0 aromatic rings. The maximum atomic E-state index is 10.3. The van der Waals surface area contributed by atoms with Crippen molar-refractivity contribution in [3.8, 4) is 0 Å². The van der Waals surface area contributed by atoms with Gasteiger partial charge in [-0.25, -0.2) is 4.79 Å². The van der Waals surface area contributed by atoms with Crippen molar-refractivity contribution in [2.45, 2.75) is 0 Å². The zero-order valence-electron chi connectivity index (χ0n) is 4.54. The Hall–Kier alpha value is 0.520. The van der Waals surface area contributed by atoms with Crippen LogP contribution in [-0.4, -0.2) is 18.7 Å². The van der Waals surface area contributed by atoms with Gasteiger partial charge in [-0.2, -0.15) is 0 Å². The molecule has 8 heavy (non-hydrogen) atoms. The Labute approximate surface area is 59.9 Å². The quantitative estimate of drug-likeness (QED) is 0.468. The van der Waals surface area contributed by atoms with E-state index in [1.54, 1.807) is 0 Å². The molecule has 0 atom stereocenters. The monoisotopic (exact) mass is 170 g/mol. The lowest BCUT2D eigenvalue weighted by atomic mass is 11.5. The summed E-state index contributed by atoms with van der Waals surface area (Å²) in [5, 5.41) is -0.246. The first kappa shape index (κ1) is 8.52. The molecule has 0 N–H and O–H groups in total. The average Bonchev–Trinajstić information content (AvgIpc) is 1.83. The Morgan fingerprint density at radius 1 is 1.62 bits per heavy atom. The van der Waals surface area contributed by atoms with Crippen molar-refractivity contribution in [3.63, 3.8) is 0 Å². The smallest absolute Gasteiger partial charge is 0.378 e. The van der Waals surface area contributed by atoms with Crippen molar-refractivity contribution >= 4 is 36.7 Å². The zero-order chi connectivity index (χ0) is 6.41. The summed E-state index contributed by atoms with van der Waals surface area (Å²) in [6, 6.07) is 0. The van der Waals surface area contributed by atoms with E-state index >= 15 is 0 Å². The number of rotatable bonds is 2. The number of ether oxygens (including phenoxy) is 1. The van der Waals surface area contributed by atoms with Crippen LogP contribution in [0.5, 0.6) is 0 Å². The summed E-state index contributed by atoms with van der Waals surface area (Å²) in [6.45, 7) is 0. The molecule has 0 aromatic heterocycles. The molecule has 0 amide bonds. The van der Waals surface area contributed by atoms with Gasteiger partial charge in [-0.1, -0.05) is 10.8 Å². The lowest BCUT2D eigenvalue weighted by Crippen LogP contribution is -1.85. The molecule has 0 saturated heterocycles. The van der Waals surface area contributed by atoms with Gasteiger partial charge in [0, 0.05) is 10.8 Å². The molecule has 0 aliphatic carbocycles. The predicted molar refractivity (Wildman–Crippen MR) is 41.1 cm³/mol. The van der Waals surface area contributed by atoms with E-state index < -0.39 is 0 Å². The highest BCUT2D eigenvalue weighted by molar-refractivity contribution is 9.11. The maximum absolute atomic E-state index is 10.3. The second-order valence-electron chi connectivity index (χ2n) is 0.772. The van der Waals surface area contributed by atoms with E-state index in [1.807, 2.05) is 6.26 Å². The van der Waals surface area contributed by atoms with Crippen molar-refractivity contribution in [1.82, 2.24) is 0 Å². The topological polar surface area (TPSA) is 26.3 Å². The molecule has 0 bridgehead atoms. The summed E-state index contributed by atoms with van der Waals surface area (Å²) in [5.41, 5.74) is 0. The van der Waals surface area contributed by atoms with Crippen LogP contribution in [0.4, 0.5) is 4.79 Å². The van der Waals surface area contributed by atoms with Crippen molar-refractivity contribution in [3.05, 3.63) is 0 Å². The van der Waals surface area contributed by atoms with Gasteiger partial charge in [-0.05, 0) is 16.1 Å². The van der Waals surface area contributed by atoms with Crippen LogP contribution in [0.1, 0.15) is 0 Å². The van der Waals surface area contributed by atoms with Crippen molar-refractivity contribution < 1.29 is 9.53 Å². The average molecular weight is 170 g/mol. The summed E-state index contributed by atoms with van der Waals surface area (Å²) >= 11 is 0. The van der Waals surface area contributed by atoms with E-state index in [2.05, 4.69) is 4.74 Å². The van der Waals surface area contributed by atoms with Crippen LogP contribution < -0.4 is 0 Å². The van der Waals surface area contributed by atoms with E-state index in [0.29, 0.717) is 0 Å². The summed E-state index contributed by atoms with van der Waals surface area (Å²) in [6.07, 6.45) is 1.90. The molecule has 0 aliphatic heterocycles. The third kappa shape index (κ3) is 4.67. The van der Waals surface area contributed by atoms with Crippen LogP contribution in [0, 0.1) is 0 Å². The standard InChI is InChI=1S/C3H6O2S3/c1-5-3(4)7-8-6-2/h1-2H3. The molecule has 0 aromatic carbocycles. The van der Waals surface area contributed by atoms with Crippen LogP contribution in [0.3, 0.4) is 0 Å². The predicted octanol–water partition coefficient (Wildman–Crippen LogP) is 2.41. The van der Waals surface area contributed by atoms with E-state index in [0.717, 1.165) is 10.8 Å². The van der Waals surface area contributed by atoms with Gasteiger partial charge in [-0.3, -0.25) is 0 Å². The van der Waals surface area contributed by atoms with Gasteiger partial charge in [0.1, 0.15) is 0 Å². The third-order valence-corrected chi connectivity index (χ3v) is 3.70. The van der Waals surface area contributed by atoms with E-state index in [1.165, 1.54) is 27.7 Å². The summed E-state index contributed by atoms with van der Waals surface area (Å²) in [7, 11) is 5.39. The molecule has 0 saturated carbocycles. The van der Waals surface area contributed by atoms with E-state index in [4.69, 9.17) is 0 Å². The molecule has 0 heterocycles.